The van der Waals surface area contributed by atoms with E-state index in [1.165, 1.54) is 0 Å². The van der Waals surface area contributed by atoms with Crippen LogP contribution in [0.25, 0.3) is 0 Å². The molecule has 2 amide bonds. The molecule has 0 aromatic heterocycles. The fourth-order valence-corrected chi connectivity index (χ4v) is 3.58. The Kier molecular flexibility index (Phi) is 4.76. The number of urea groups is 1. The fourth-order valence-electron chi connectivity index (χ4n) is 3.11. The Balaban J connectivity index is 1.83. The average Bonchev–Trinajstić information content (AvgIpc) is 3.01. The van der Waals surface area contributed by atoms with Crippen molar-refractivity contribution in [2.45, 2.75) is 19.4 Å². The second-order valence-corrected chi connectivity index (χ2v) is 6.84. The summed E-state index contributed by atoms with van der Waals surface area (Å²) in [5.74, 6) is -0.214. The molecule has 1 aliphatic rings. The summed E-state index contributed by atoms with van der Waals surface area (Å²) in [6, 6.07) is 12.2. The summed E-state index contributed by atoms with van der Waals surface area (Å²) in [6.45, 7) is 3.11. The minimum absolute atomic E-state index is 0.0504. The van der Waals surface area contributed by atoms with Crippen LogP contribution in [0, 0.1) is 12.7 Å². The molecular weight excluding hydrogens is 373 g/mol. The van der Waals surface area contributed by atoms with Gasteiger partial charge in [-0.3, -0.25) is 4.90 Å². The highest BCUT2D eigenvalue weighted by atomic mass is 79.9. The zero-order valence-corrected chi connectivity index (χ0v) is 15.0. The van der Waals surface area contributed by atoms with Crippen LogP contribution >= 0.6 is 15.9 Å². The van der Waals surface area contributed by atoms with Crippen LogP contribution in [0.2, 0.25) is 0 Å². The van der Waals surface area contributed by atoms with Crippen molar-refractivity contribution < 1.29 is 9.18 Å². The first-order valence-corrected chi connectivity index (χ1v) is 8.61. The lowest BCUT2D eigenvalue weighted by molar-refractivity contribution is 0.252. The highest BCUT2D eigenvalue weighted by Crippen LogP contribution is 2.31. The van der Waals surface area contributed by atoms with Crippen molar-refractivity contribution in [3.63, 3.8) is 0 Å². The van der Waals surface area contributed by atoms with Gasteiger partial charge in [-0.1, -0.05) is 18.2 Å². The monoisotopic (exact) mass is 391 g/mol. The van der Waals surface area contributed by atoms with Gasteiger partial charge in [0.25, 0.3) is 0 Å². The van der Waals surface area contributed by atoms with E-state index in [4.69, 9.17) is 5.73 Å². The fraction of sp³-hybridized carbons (Fsp3) is 0.278. The van der Waals surface area contributed by atoms with Crippen molar-refractivity contribution in [2.75, 3.05) is 22.9 Å². The summed E-state index contributed by atoms with van der Waals surface area (Å²) in [5, 5.41) is 0. The number of primary amides is 1. The number of halogens is 2. The maximum atomic E-state index is 13.8. The topological polar surface area (TPSA) is 49.6 Å². The third-order valence-corrected chi connectivity index (χ3v) is 5.07. The third-order valence-electron chi connectivity index (χ3n) is 4.40. The number of aryl methyl sites for hydroxylation is 1. The molecule has 2 aromatic rings. The Morgan fingerprint density at radius 1 is 1.33 bits per heavy atom. The molecule has 0 unspecified atom stereocenters. The van der Waals surface area contributed by atoms with E-state index in [1.54, 1.807) is 24.0 Å². The summed E-state index contributed by atoms with van der Waals surface area (Å²) >= 11 is 3.48. The van der Waals surface area contributed by atoms with Gasteiger partial charge < -0.3 is 10.6 Å². The molecule has 126 valence electrons. The normalized spacial score (nSPS) is 17.1. The Morgan fingerprint density at radius 3 is 2.75 bits per heavy atom. The van der Waals surface area contributed by atoms with E-state index in [0.29, 0.717) is 12.1 Å². The number of carbonyl (C=O) groups is 1. The van der Waals surface area contributed by atoms with E-state index in [2.05, 4.69) is 20.8 Å². The number of nitrogens with zero attached hydrogens (tertiary/aromatic N) is 2. The lowest BCUT2D eigenvalue weighted by atomic mass is 10.2. The predicted molar refractivity (Wildman–Crippen MR) is 98.0 cm³/mol. The summed E-state index contributed by atoms with van der Waals surface area (Å²) in [7, 11) is 0. The van der Waals surface area contributed by atoms with Crippen LogP contribution in [-0.2, 0) is 0 Å². The zero-order valence-electron chi connectivity index (χ0n) is 13.4. The van der Waals surface area contributed by atoms with Gasteiger partial charge in [0.15, 0.2) is 0 Å². The number of anilines is 2. The molecular formula is C18H19BrFN3O. The van der Waals surface area contributed by atoms with Gasteiger partial charge in [0.1, 0.15) is 5.82 Å². The number of nitrogens with two attached hydrogens (primary N) is 1. The van der Waals surface area contributed by atoms with E-state index >= 15 is 0 Å². The number of hydrogen-bond donors (Lipinski definition) is 1. The molecule has 4 nitrogen and oxygen atoms in total. The summed E-state index contributed by atoms with van der Waals surface area (Å²) in [5.41, 5.74) is 7.85. The largest absolute Gasteiger partial charge is 0.369 e. The minimum Gasteiger partial charge on any atom is -0.369 e. The van der Waals surface area contributed by atoms with Crippen molar-refractivity contribution in [3.8, 4) is 0 Å². The number of hydrogen-bond acceptors (Lipinski definition) is 2. The van der Waals surface area contributed by atoms with Crippen LogP contribution in [0.5, 0.6) is 0 Å². The van der Waals surface area contributed by atoms with Crippen molar-refractivity contribution in [3.05, 3.63) is 58.3 Å². The molecule has 3 rings (SSSR count). The first-order valence-electron chi connectivity index (χ1n) is 7.81. The first-order chi connectivity index (χ1) is 11.5. The summed E-state index contributed by atoms with van der Waals surface area (Å²) in [6.07, 6.45) is 0.778. The van der Waals surface area contributed by atoms with Crippen molar-refractivity contribution >= 4 is 33.3 Å². The maximum absolute atomic E-state index is 13.8. The molecule has 0 aliphatic carbocycles. The van der Waals surface area contributed by atoms with Gasteiger partial charge in [-0.05, 0) is 59.1 Å². The van der Waals surface area contributed by atoms with Gasteiger partial charge in [0, 0.05) is 23.2 Å². The Labute approximate surface area is 149 Å². The van der Waals surface area contributed by atoms with Crippen LogP contribution in [0.4, 0.5) is 20.6 Å². The average molecular weight is 392 g/mol. The Hall–Kier alpha value is -2.08. The molecule has 2 aromatic carbocycles. The summed E-state index contributed by atoms with van der Waals surface area (Å²) < 4.78 is 14.6. The number of para-hydroxylation sites is 1. The lowest BCUT2D eigenvalue weighted by Gasteiger charge is -2.28. The Morgan fingerprint density at radius 2 is 2.08 bits per heavy atom. The van der Waals surface area contributed by atoms with Gasteiger partial charge in [0.2, 0.25) is 0 Å². The predicted octanol–water partition coefficient (Wildman–Crippen LogP) is 4.06. The van der Waals surface area contributed by atoms with Crippen molar-refractivity contribution in [2.24, 2.45) is 5.73 Å². The van der Waals surface area contributed by atoms with Crippen LogP contribution in [0.15, 0.2) is 46.9 Å². The summed E-state index contributed by atoms with van der Waals surface area (Å²) in [4.78, 5) is 15.7. The Bertz CT molecular complexity index is 768. The minimum atomic E-state index is -0.483. The number of benzene rings is 2. The van der Waals surface area contributed by atoms with Gasteiger partial charge >= 0.3 is 6.03 Å². The zero-order chi connectivity index (χ0) is 17.3. The molecule has 6 heteroatoms. The molecule has 0 bridgehead atoms. The van der Waals surface area contributed by atoms with Crippen LogP contribution in [-0.4, -0.2) is 25.2 Å². The molecule has 24 heavy (non-hydrogen) atoms. The quantitative estimate of drug-likeness (QED) is 0.857. The molecule has 0 spiro atoms. The molecule has 1 heterocycles. The van der Waals surface area contributed by atoms with E-state index in [-0.39, 0.29) is 11.9 Å². The second-order valence-electron chi connectivity index (χ2n) is 5.98. The first kappa shape index (κ1) is 16.8. The smallest absolute Gasteiger partial charge is 0.319 e. The SMILES string of the molecule is Cc1ccc(N2CC[C@@H](N(C(N)=O)c3ccccc3Br)C2)cc1F. The molecule has 1 atom stereocenters. The molecule has 1 saturated heterocycles. The van der Waals surface area contributed by atoms with Crippen LogP contribution in [0.3, 0.4) is 0 Å². The van der Waals surface area contributed by atoms with Crippen LogP contribution < -0.4 is 15.5 Å². The molecule has 1 aliphatic heterocycles. The van der Waals surface area contributed by atoms with E-state index in [0.717, 1.165) is 28.8 Å². The molecule has 0 radical (unpaired) electrons. The molecule has 2 N–H and O–H groups in total. The van der Waals surface area contributed by atoms with E-state index < -0.39 is 6.03 Å². The van der Waals surface area contributed by atoms with Crippen molar-refractivity contribution in [1.29, 1.82) is 0 Å². The van der Waals surface area contributed by atoms with Crippen LogP contribution in [0.1, 0.15) is 12.0 Å². The third kappa shape index (κ3) is 3.24. The number of carbonyl (C=O) groups excluding carboxylic acids is 1. The van der Waals surface area contributed by atoms with Gasteiger partial charge in [-0.15, -0.1) is 0 Å². The van der Waals surface area contributed by atoms with Crippen molar-refractivity contribution in [1.82, 2.24) is 0 Å². The molecule has 0 saturated carbocycles. The van der Waals surface area contributed by atoms with Gasteiger partial charge in [-0.25, -0.2) is 9.18 Å². The van der Waals surface area contributed by atoms with E-state index in [1.807, 2.05) is 30.3 Å². The number of rotatable bonds is 3. The van der Waals surface area contributed by atoms with Gasteiger partial charge in [-0.2, -0.15) is 0 Å². The lowest BCUT2D eigenvalue weighted by Crippen LogP contribution is -2.45. The standard InChI is InChI=1S/C18H19BrFN3O/c1-12-6-7-13(10-16(12)20)22-9-8-14(11-22)23(18(21)24)17-5-3-2-4-15(17)19/h2-7,10,14H,8-9,11H2,1H3,(H2,21,24)/t14-/m1/s1. The van der Waals surface area contributed by atoms with E-state index in [9.17, 15) is 9.18 Å². The number of amides is 2. The highest BCUT2D eigenvalue weighted by molar-refractivity contribution is 9.10. The highest BCUT2D eigenvalue weighted by Gasteiger charge is 2.32. The second kappa shape index (κ2) is 6.81. The maximum Gasteiger partial charge on any atom is 0.319 e. The van der Waals surface area contributed by atoms with Gasteiger partial charge in [0.05, 0.1) is 11.7 Å². The molecule has 1 fully saturated rings.